The Morgan fingerprint density at radius 2 is 2.05 bits per heavy atom. The maximum Gasteiger partial charge on any atom is 0.341 e. The number of carboxylic acids is 1. The lowest BCUT2D eigenvalue weighted by Gasteiger charge is -2.12. The molecule has 0 aliphatic rings. The Hall–Kier alpha value is -1.89. The van der Waals surface area contributed by atoms with E-state index in [2.05, 4.69) is 21.0 Å². The van der Waals surface area contributed by atoms with Crippen LogP contribution < -0.4 is 5.56 Å². The Morgan fingerprint density at radius 1 is 1.38 bits per heavy atom. The molecule has 0 amide bonds. The van der Waals surface area contributed by atoms with Gasteiger partial charge in [-0.3, -0.25) is 9.48 Å². The monoisotopic (exact) mass is 353 g/mol. The molecule has 2 aromatic rings. The van der Waals surface area contributed by atoms with E-state index < -0.39 is 11.5 Å². The quantitative estimate of drug-likeness (QED) is 0.913. The van der Waals surface area contributed by atoms with Crippen LogP contribution in [0.2, 0.25) is 0 Å². The van der Waals surface area contributed by atoms with E-state index in [-0.39, 0.29) is 12.1 Å². The second-order valence-electron chi connectivity index (χ2n) is 4.75. The normalized spacial score (nSPS) is 10.9. The average molecular weight is 354 g/mol. The fraction of sp³-hybridized carbons (Fsp3) is 0.357. The molecule has 0 unspecified atom stereocenters. The van der Waals surface area contributed by atoms with E-state index >= 15 is 0 Å². The molecule has 112 valence electrons. The molecule has 0 fully saturated rings. The van der Waals surface area contributed by atoms with Gasteiger partial charge in [0, 0.05) is 12.2 Å². The van der Waals surface area contributed by atoms with Crippen LogP contribution >= 0.6 is 15.9 Å². The molecule has 0 radical (unpaired) electrons. The fourth-order valence-electron chi connectivity index (χ4n) is 2.20. The van der Waals surface area contributed by atoms with Crippen LogP contribution in [0.15, 0.2) is 21.4 Å². The smallest absolute Gasteiger partial charge is 0.341 e. The molecule has 21 heavy (non-hydrogen) atoms. The summed E-state index contributed by atoms with van der Waals surface area (Å²) in [7, 11) is 0. The van der Waals surface area contributed by atoms with Crippen molar-refractivity contribution in [2.45, 2.75) is 33.9 Å². The Labute approximate surface area is 130 Å². The summed E-state index contributed by atoms with van der Waals surface area (Å²) in [5, 5.41) is 13.4. The van der Waals surface area contributed by atoms with Crippen molar-refractivity contribution in [1.82, 2.24) is 14.3 Å². The molecule has 0 bridgehead atoms. The summed E-state index contributed by atoms with van der Waals surface area (Å²) in [5.74, 6) is -1.21. The number of nitrogens with zero attached hydrogens (tertiary/aromatic N) is 3. The van der Waals surface area contributed by atoms with E-state index in [0.29, 0.717) is 12.2 Å². The molecule has 2 rings (SSSR count). The zero-order valence-electron chi connectivity index (χ0n) is 12.1. The summed E-state index contributed by atoms with van der Waals surface area (Å²) in [6.07, 6.45) is 0. The minimum atomic E-state index is -1.21. The highest BCUT2D eigenvalue weighted by Crippen LogP contribution is 2.22. The van der Waals surface area contributed by atoms with E-state index in [9.17, 15) is 9.59 Å². The van der Waals surface area contributed by atoms with Gasteiger partial charge in [0.15, 0.2) is 0 Å². The zero-order chi connectivity index (χ0) is 15.7. The van der Waals surface area contributed by atoms with E-state index in [1.165, 1.54) is 10.6 Å². The van der Waals surface area contributed by atoms with Gasteiger partial charge in [-0.25, -0.2) is 4.79 Å². The number of pyridine rings is 1. The summed E-state index contributed by atoms with van der Waals surface area (Å²) in [5.41, 5.74) is 1.67. The van der Waals surface area contributed by atoms with Crippen molar-refractivity contribution in [2.75, 3.05) is 0 Å². The number of aromatic nitrogens is 3. The lowest BCUT2D eigenvalue weighted by atomic mass is 10.2. The van der Waals surface area contributed by atoms with Crippen LogP contribution in [0.25, 0.3) is 0 Å². The number of aromatic carboxylic acids is 1. The highest BCUT2D eigenvalue weighted by molar-refractivity contribution is 9.10. The molecule has 0 saturated carbocycles. The van der Waals surface area contributed by atoms with Crippen LogP contribution in [0.4, 0.5) is 0 Å². The number of hydrogen-bond acceptors (Lipinski definition) is 3. The van der Waals surface area contributed by atoms with Crippen molar-refractivity contribution in [3.8, 4) is 0 Å². The van der Waals surface area contributed by atoms with Crippen molar-refractivity contribution in [2.24, 2.45) is 0 Å². The topological polar surface area (TPSA) is 77.1 Å². The predicted molar refractivity (Wildman–Crippen MR) is 81.8 cm³/mol. The first-order valence-corrected chi connectivity index (χ1v) is 7.31. The largest absolute Gasteiger partial charge is 0.477 e. The van der Waals surface area contributed by atoms with E-state index in [4.69, 9.17) is 5.11 Å². The standard InChI is InChI=1S/C14H16BrN3O3/c1-4-18-11(12(15)9(3)16-18)7-17-8(2)5-6-10(13(17)19)14(20)21/h5-6H,4,7H2,1-3H3,(H,20,21). The first-order chi connectivity index (χ1) is 9.86. The molecule has 0 atom stereocenters. The second kappa shape index (κ2) is 5.85. The summed E-state index contributed by atoms with van der Waals surface area (Å²) < 4.78 is 4.10. The molecule has 0 aliphatic carbocycles. The van der Waals surface area contributed by atoms with Gasteiger partial charge in [-0.05, 0) is 48.8 Å². The van der Waals surface area contributed by atoms with Gasteiger partial charge in [0.2, 0.25) is 0 Å². The zero-order valence-corrected chi connectivity index (χ0v) is 13.6. The van der Waals surface area contributed by atoms with Gasteiger partial charge in [-0.1, -0.05) is 0 Å². The van der Waals surface area contributed by atoms with Crippen LogP contribution in [-0.2, 0) is 13.1 Å². The summed E-state index contributed by atoms with van der Waals surface area (Å²) in [6, 6.07) is 2.98. The highest BCUT2D eigenvalue weighted by Gasteiger charge is 2.17. The van der Waals surface area contributed by atoms with Crippen molar-refractivity contribution >= 4 is 21.9 Å². The van der Waals surface area contributed by atoms with Gasteiger partial charge < -0.3 is 9.67 Å². The van der Waals surface area contributed by atoms with Gasteiger partial charge in [0.25, 0.3) is 5.56 Å². The van der Waals surface area contributed by atoms with Crippen molar-refractivity contribution in [1.29, 1.82) is 0 Å². The molecule has 6 nitrogen and oxygen atoms in total. The first-order valence-electron chi connectivity index (χ1n) is 6.52. The van der Waals surface area contributed by atoms with Crippen LogP contribution in [0.5, 0.6) is 0 Å². The van der Waals surface area contributed by atoms with Crippen LogP contribution in [-0.4, -0.2) is 25.4 Å². The maximum atomic E-state index is 12.3. The molecule has 2 aromatic heterocycles. The van der Waals surface area contributed by atoms with Gasteiger partial charge in [-0.2, -0.15) is 5.10 Å². The van der Waals surface area contributed by atoms with Gasteiger partial charge in [0.05, 0.1) is 22.4 Å². The molecule has 0 aromatic carbocycles. The third-order valence-electron chi connectivity index (χ3n) is 3.38. The van der Waals surface area contributed by atoms with Crippen molar-refractivity contribution in [3.05, 3.63) is 49.6 Å². The summed E-state index contributed by atoms with van der Waals surface area (Å²) >= 11 is 3.48. The Kier molecular flexibility index (Phi) is 4.32. The molecule has 0 spiro atoms. The van der Waals surface area contributed by atoms with Crippen LogP contribution in [0, 0.1) is 13.8 Å². The number of hydrogen-bond donors (Lipinski definition) is 1. The Morgan fingerprint density at radius 3 is 2.62 bits per heavy atom. The average Bonchev–Trinajstić information content (AvgIpc) is 2.70. The lowest BCUT2D eigenvalue weighted by Crippen LogP contribution is -2.29. The second-order valence-corrected chi connectivity index (χ2v) is 5.54. The number of aryl methyl sites for hydroxylation is 3. The molecular weight excluding hydrogens is 338 g/mol. The molecule has 0 saturated heterocycles. The van der Waals surface area contributed by atoms with E-state index in [1.807, 2.05) is 13.8 Å². The SMILES string of the molecule is CCn1nc(C)c(Br)c1Cn1c(C)ccc(C(=O)O)c1=O. The number of halogens is 1. The van der Waals surface area contributed by atoms with Gasteiger partial charge in [0.1, 0.15) is 5.56 Å². The lowest BCUT2D eigenvalue weighted by molar-refractivity contribution is 0.0694. The predicted octanol–water partition coefficient (Wildman–Crippen LogP) is 2.19. The van der Waals surface area contributed by atoms with Crippen LogP contribution in [0.3, 0.4) is 0 Å². The minimum Gasteiger partial charge on any atom is -0.477 e. The van der Waals surface area contributed by atoms with Gasteiger partial charge in [-0.15, -0.1) is 0 Å². The number of rotatable bonds is 4. The van der Waals surface area contributed by atoms with Crippen LogP contribution in [0.1, 0.15) is 34.4 Å². The first kappa shape index (κ1) is 15.5. The summed E-state index contributed by atoms with van der Waals surface area (Å²) in [4.78, 5) is 23.4. The molecule has 2 heterocycles. The maximum absolute atomic E-state index is 12.3. The van der Waals surface area contributed by atoms with E-state index in [1.54, 1.807) is 17.7 Å². The highest BCUT2D eigenvalue weighted by atomic mass is 79.9. The van der Waals surface area contributed by atoms with Gasteiger partial charge >= 0.3 is 5.97 Å². The van der Waals surface area contributed by atoms with Crippen molar-refractivity contribution < 1.29 is 9.90 Å². The third-order valence-corrected chi connectivity index (χ3v) is 4.42. The number of carbonyl (C=O) groups is 1. The number of carboxylic acid groups (broad SMARTS) is 1. The van der Waals surface area contributed by atoms with E-state index in [0.717, 1.165) is 15.9 Å². The molecular formula is C14H16BrN3O3. The minimum absolute atomic E-state index is 0.226. The fourth-order valence-corrected chi connectivity index (χ4v) is 2.61. The Balaban J connectivity index is 2.57. The molecule has 0 aliphatic heterocycles. The Bertz CT molecular complexity index is 762. The van der Waals surface area contributed by atoms with Crippen molar-refractivity contribution in [3.63, 3.8) is 0 Å². The molecule has 1 N–H and O–H groups in total. The third kappa shape index (κ3) is 2.78. The summed E-state index contributed by atoms with van der Waals surface area (Å²) in [6.45, 7) is 6.57. The molecule has 7 heteroatoms.